The lowest BCUT2D eigenvalue weighted by atomic mass is 10.2. The lowest BCUT2D eigenvalue weighted by molar-refractivity contribution is -0.133. The number of carbonyl (C=O) groups is 3. The van der Waals surface area contributed by atoms with E-state index < -0.39 is 5.97 Å². The third kappa shape index (κ3) is 4.59. The highest BCUT2D eigenvalue weighted by molar-refractivity contribution is 5.86. The minimum absolute atomic E-state index is 0.0930. The van der Waals surface area contributed by atoms with Crippen molar-refractivity contribution in [2.24, 2.45) is 0 Å². The van der Waals surface area contributed by atoms with Crippen molar-refractivity contribution in [2.45, 2.75) is 19.9 Å². The number of likely N-dealkylation sites (N-methyl/N-ethyl adjacent to an activating group) is 1. The van der Waals surface area contributed by atoms with Crippen LogP contribution in [0.1, 0.15) is 13.8 Å². The molecule has 0 aliphatic carbocycles. The molecule has 0 spiro atoms. The fourth-order valence-electron chi connectivity index (χ4n) is 1.03. The molecule has 0 unspecified atom stereocenters. The first-order valence-corrected chi connectivity index (χ1v) is 4.74. The number of aliphatic carboxylic acids is 1. The highest BCUT2D eigenvalue weighted by Crippen LogP contribution is 2.02. The van der Waals surface area contributed by atoms with E-state index in [0.29, 0.717) is 6.41 Å². The van der Waals surface area contributed by atoms with Gasteiger partial charge in [-0.05, 0) is 13.8 Å². The molecule has 0 aromatic rings. The van der Waals surface area contributed by atoms with E-state index in [-0.39, 0.29) is 24.1 Å². The second-order valence-electron chi connectivity index (χ2n) is 3.40. The molecule has 0 rings (SSSR count). The first-order valence-electron chi connectivity index (χ1n) is 4.74. The van der Waals surface area contributed by atoms with Crippen LogP contribution in [-0.2, 0) is 14.4 Å². The van der Waals surface area contributed by atoms with E-state index in [1.165, 1.54) is 17.9 Å². The Hall–Kier alpha value is -1.85. The van der Waals surface area contributed by atoms with Gasteiger partial charge in [-0.3, -0.25) is 9.59 Å². The van der Waals surface area contributed by atoms with Crippen LogP contribution in [0.25, 0.3) is 0 Å². The van der Waals surface area contributed by atoms with Gasteiger partial charge in [0.15, 0.2) is 0 Å². The number of carbonyl (C=O) groups excluding carboxylic acids is 2. The number of carboxylic acid groups (broad SMARTS) is 1. The van der Waals surface area contributed by atoms with E-state index in [0.717, 1.165) is 0 Å². The van der Waals surface area contributed by atoms with Gasteiger partial charge in [0.05, 0.1) is 6.54 Å². The average Bonchev–Trinajstić information content (AvgIpc) is 2.24. The Morgan fingerprint density at radius 3 is 2.50 bits per heavy atom. The van der Waals surface area contributed by atoms with Crippen LogP contribution in [0, 0.1) is 0 Å². The number of hydrogen-bond donors (Lipinski definition) is 2. The minimum atomic E-state index is -1.02. The van der Waals surface area contributed by atoms with Gasteiger partial charge in [-0.15, -0.1) is 0 Å². The molecule has 0 heterocycles. The summed E-state index contributed by atoms with van der Waals surface area (Å²) in [4.78, 5) is 33.4. The Balaban J connectivity index is 4.43. The van der Waals surface area contributed by atoms with E-state index in [1.807, 2.05) is 0 Å². The Labute approximate surface area is 93.9 Å². The molecule has 0 bridgehead atoms. The third-order valence-corrected chi connectivity index (χ3v) is 2.17. The zero-order valence-corrected chi connectivity index (χ0v) is 9.56. The molecule has 90 valence electrons. The zero-order valence-electron chi connectivity index (χ0n) is 9.56. The van der Waals surface area contributed by atoms with Gasteiger partial charge >= 0.3 is 5.97 Å². The van der Waals surface area contributed by atoms with Crippen LogP contribution in [0.15, 0.2) is 11.6 Å². The van der Waals surface area contributed by atoms with Crippen molar-refractivity contribution in [3.05, 3.63) is 11.6 Å². The summed E-state index contributed by atoms with van der Waals surface area (Å²) in [5.41, 5.74) is 0.176. The molecule has 0 fully saturated rings. The Kier molecular flexibility index (Phi) is 5.84. The Morgan fingerprint density at radius 1 is 1.50 bits per heavy atom. The highest BCUT2D eigenvalue weighted by Gasteiger charge is 2.14. The average molecular weight is 228 g/mol. The van der Waals surface area contributed by atoms with Gasteiger partial charge in [0.2, 0.25) is 12.3 Å². The molecule has 2 amide bonds. The van der Waals surface area contributed by atoms with E-state index >= 15 is 0 Å². The molecule has 0 aliphatic heterocycles. The van der Waals surface area contributed by atoms with Gasteiger partial charge < -0.3 is 15.3 Å². The predicted molar refractivity (Wildman–Crippen MR) is 57.7 cm³/mol. The lowest BCUT2D eigenvalue weighted by Gasteiger charge is -2.22. The van der Waals surface area contributed by atoms with Crippen LogP contribution >= 0.6 is 0 Å². The van der Waals surface area contributed by atoms with Gasteiger partial charge in [0.1, 0.15) is 0 Å². The smallest absolute Gasteiger partial charge is 0.331 e. The van der Waals surface area contributed by atoms with E-state index in [4.69, 9.17) is 5.11 Å². The largest absolute Gasteiger partial charge is 0.478 e. The first-order chi connectivity index (χ1) is 7.40. The number of hydrogen-bond acceptors (Lipinski definition) is 3. The molecule has 0 aliphatic rings. The fraction of sp³-hybridized carbons (Fsp3) is 0.500. The molecule has 0 aromatic heterocycles. The van der Waals surface area contributed by atoms with Crippen molar-refractivity contribution in [3.63, 3.8) is 0 Å². The van der Waals surface area contributed by atoms with Crippen LogP contribution in [0.3, 0.4) is 0 Å². The van der Waals surface area contributed by atoms with Crippen LogP contribution in [0.5, 0.6) is 0 Å². The van der Waals surface area contributed by atoms with Crippen LogP contribution in [0.4, 0.5) is 0 Å². The highest BCUT2D eigenvalue weighted by atomic mass is 16.4. The molecular weight excluding hydrogens is 212 g/mol. The SMILES string of the molecule is CC(=C[C@H](C)N(C)C(=O)CNC=O)C(=O)O. The number of amides is 2. The predicted octanol–water partition coefficient (Wildman–Crippen LogP) is -0.390. The molecule has 6 nitrogen and oxygen atoms in total. The van der Waals surface area contributed by atoms with Crippen molar-refractivity contribution >= 4 is 18.3 Å². The maximum atomic E-state index is 11.4. The number of nitrogens with one attached hydrogen (secondary N) is 1. The maximum Gasteiger partial charge on any atom is 0.331 e. The summed E-state index contributed by atoms with van der Waals surface area (Å²) in [7, 11) is 1.55. The molecule has 1 atom stereocenters. The van der Waals surface area contributed by atoms with Gasteiger partial charge in [-0.2, -0.15) is 0 Å². The van der Waals surface area contributed by atoms with E-state index in [2.05, 4.69) is 5.32 Å². The van der Waals surface area contributed by atoms with Crippen LogP contribution < -0.4 is 5.32 Å². The van der Waals surface area contributed by atoms with Crippen molar-refractivity contribution in [1.29, 1.82) is 0 Å². The molecule has 6 heteroatoms. The summed E-state index contributed by atoms with van der Waals surface area (Å²) in [6, 6.07) is -0.336. The van der Waals surface area contributed by atoms with Crippen LogP contribution in [0.2, 0.25) is 0 Å². The molecule has 2 N–H and O–H groups in total. The second kappa shape index (κ2) is 6.60. The van der Waals surface area contributed by atoms with Crippen molar-refractivity contribution in [2.75, 3.05) is 13.6 Å². The maximum absolute atomic E-state index is 11.4. The molecule has 0 radical (unpaired) electrons. The molecular formula is C10H16N2O4. The molecule has 0 saturated heterocycles. The van der Waals surface area contributed by atoms with Gasteiger partial charge in [-0.25, -0.2) is 4.79 Å². The number of rotatable bonds is 6. The van der Waals surface area contributed by atoms with Gasteiger partial charge in [0, 0.05) is 18.7 Å². The summed E-state index contributed by atoms with van der Waals surface area (Å²) < 4.78 is 0. The topological polar surface area (TPSA) is 86.7 Å². The van der Waals surface area contributed by atoms with Crippen molar-refractivity contribution in [3.8, 4) is 0 Å². The Bertz CT molecular complexity index is 312. The van der Waals surface area contributed by atoms with E-state index in [9.17, 15) is 14.4 Å². The van der Waals surface area contributed by atoms with E-state index in [1.54, 1.807) is 14.0 Å². The quantitative estimate of drug-likeness (QED) is 0.479. The summed E-state index contributed by atoms with van der Waals surface area (Å²) in [5, 5.41) is 10.9. The normalized spacial score (nSPS) is 12.8. The van der Waals surface area contributed by atoms with Crippen molar-refractivity contribution in [1.82, 2.24) is 10.2 Å². The van der Waals surface area contributed by atoms with Gasteiger partial charge in [-0.1, -0.05) is 6.08 Å². The molecule has 16 heavy (non-hydrogen) atoms. The van der Waals surface area contributed by atoms with Crippen LogP contribution in [-0.4, -0.2) is 47.9 Å². The summed E-state index contributed by atoms with van der Waals surface area (Å²) in [6.45, 7) is 3.07. The third-order valence-electron chi connectivity index (χ3n) is 2.17. The summed E-state index contributed by atoms with van der Waals surface area (Å²) in [6.07, 6.45) is 1.91. The zero-order chi connectivity index (χ0) is 12.7. The summed E-state index contributed by atoms with van der Waals surface area (Å²) in [5.74, 6) is -1.30. The monoisotopic (exact) mass is 228 g/mol. The second-order valence-corrected chi connectivity index (χ2v) is 3.40. The molecule has 0 aromatic carbocycles. The lowest BCUT2D eigenvalue weighted by Crippen LogP contribution is -2.39. The van der Waals surface area contributed by atoms with Crippen molar-refractivity contribution < 1.29 is 19.5 Å². The molecule has 0 saturated carbocycles. The Morgan fingerprint density at radius 2 is 2.06 bits per heavy atom. The minimum Gasteiger partial charge on any atom is -0.478 e. The van der Waals surface area contributed by atoms with Gasteiger partial charge in [0.25, 0.3) is 0 Å². The standard InChI is InChI=1S/C10H16N2O4/c1-7(10(15)16)4-8(2)12(3)9(14)5-11-6-13/h4,6,8H,5H2,1-3H3,(H,11,13)(H,15,16)/t8-/m0/s1. The summed E-state index contributed by atoms with van der Waals surface area (Å²) >= 11 is 0. The number of carboxylic acids is 1. The number of nitrogens with zero attached hydrogens (tertiary/aromatic N) is 1. The fourth-order valence-corrected chi connectivity index (χ4v) is 1.03. The first kappa shape index (κ1) is 14.2.